The molecule has 0 bridgehead atoms. The normalized spacial score (nSPS) is 23.5. The highest BCUT2D eigenvalue weighted by Crippen LogP contribution is 2.46. The second-order valence-electron chi connectivity index (χ2n) is 6.53. The highest BCUT2D eigenvalue weighted by molar-refractivity contribution is 6.16. The molecule has 4 nitrogen and oxygen atoms in total. The summed E-state index contributed by atoms with van der Waals surface area (Å²) >= 11 is 0. The van der Waals surface area contributed by atoms with Crippen LogP contribution < -0.4 is 5.32 Å². The molecule has 1 unspecified atom stereocenters. The fraction of sp³-hybridized carbons (Fsp3) is 0.316. The second-order valence-corrected chi connectivity index (χ2v) is 6.53. The van der Waals surface area contributed by atoms with Crippen LogP contribution in [0.2, 0.25) is 0 Å². The van der Waals surface area contributed by atoms with Gasteiger partial charge in [0.2, 0.25) is 5.91 Å². The van der Waals surface area contributed by atoms with Crippen LogP contribution in [0.5, 0.6) is 0 Å². The van der Waals surface area contributed by atoms with Gasteiger partial charge in [-0.05, 0) is 42.5 Å². The average molecular weight is 359 g/mol. The summed E-state index contributed by atoms with van der Waals surface area (Å²) in [6, 6.07) is 9.69. The number of hydrogen-bond acceptors (Lipinski definition) is 3. The summed E-state index contributed by atoms with van der Waals surface area (Å²) in [5, 5.41) is 2.77. The SMILES string of the molecule is CN=C1NC(=O)C2(CCCc3ccccc32)c2nc(C(F)(F)F)ccc21. The smallest absolute Gasteiger partial charge is 0.309 e. The largest absolute Gasteiger partial charge is 0.433 e. The van der Waals surface area contributed by atoms with E-state index in [2.05, 4.69) is 15.3 Å². The Morgan fingerprint density at radius 2 is 1.96 bits per heavy atom. The minimum Gasteiger partial charge on any atom is -0.309 e. The van der Waals surface area contributed by atoms with E-state index in [1.165, 1.54) is 13.1 Å². The summed E-state index contributed by atoms with van der Waals surface area (Å²) in [4.78, 5) is 21.1. The Labute approximate surface area is 148 Å². The number of halogens is 3. The van der Waals surface area contributed by atoms with E-state index in [9.17, 15) is 18.0 Å². The molecular weight excluding hydrogens is 343 g/mol. The highest BCUT2D eigenvalue weighted by Gasteiger charge is 2.51. The van der Waals surface area contributed by atoms with Crippen LogP contribution >= 0.6 is 0 Å². The molecule has 0 saturated carbocycles. The van der Waals surface area contributed by atoms with Crippen LogP contribution in [0.25, 0.3) is 0 Å². The maximum absolute atomic E-state index is 13.3. The summed E-state index contributed by atoms with van der Waals surface area (Å²) in [5.74, 6) is -0.121. The van der Waals surface area contributed by atoms with Gasteiger partial charge in [-0.25, -0.2) is 4.98 Å². The first-order valence-electron chi connectivity index (χ1n) is 8.33. The van der Waals surface area contributed by atoms with Crippen LogP contribution in [0.3, 0.4) is 0 Å². The fourth-order valence-electron chi connectivity index (χ4n) is 4.01. The summed E-state index contributed by atoms with van der Waals surface area (Å²) < 4.78 is 39.9. The molecule has 1 amide bonds. The highest BCUT2D eigenvalue weighted by atomic mass is 19.4. The molecule has 134 valence electrons. The second kappa shape index (κ2) is 5.65. The maximum atomic E-state index is 13.3. The molecule has 1 aromatic carbocycles. The van der Waals surface area contributed by atoms with Crippen LogP contribution in [0, 0.1) is 0 Å². The van der Waals surface area contributed by atoms with Crippen LogP contribution in [0.1, 0.15) is 40.9 Å². The number of fused-ring (bicyclic) bond motifs is 4. The Bertz CT molecular complexity index is 936. The fourth-order valence-corrected chi connectivity index (χ4v) is 4.01. The van der Waals surface area contributed by atoms with Crippen molar-refractivity contribution in [1.29, 1.82) is 0 Å². The maximum Gasteiger partial charge on any atom is 0.433 e. The van der Waals surface area contributed by atoms with Gasteiger partial charge in [0.1, 0.15) is 16.9 Å². The van der Waals surface area contributed by atoms with Gasteiger partial charge in [-0.2, -0.15) is 13.2 Å². The Hall–Kier alpha value is -2.70. The molecule has 1 aromatic heterocycles. The first kappa shape index (κ1) is 16.8. The van der Waals surface area contributed by atoms with Crippen LogP contribution in [-0.2, 0) is 22.8 Å². The van der Waals surface area contributed by atoms with Crippen molar-refractivity contribution in [2.45, 2.75) is 30.9 Å². The molecule has 4 rings (SSSR count). The number of pyridine rings is 1. The summed E-state index contributed by atoms with van der Waals surface area (Å²) in [6.45, 7) is 0. The number of amides is 1. The minimum atomic E-state index is -4.58. The summed E-state index contributed by atoms with van der Waals surface area (Å²) in [6.07, 6.45) is -2.69. The van der Waals surface area contributed by atoms with E-state index in [4.69, 9.17) is 0 Å². The van der Waals surface area contributed by atoms with Crippen molar-refractivity contribution in [1.82, 2.24) is 10.3 Å². The molecule has 26 heavy (non-hydrogen) atoms. The molecular formula is C19H16F3N3O. The number of carbonyl (C=O) groups excluding carboxylic acids is 1. The molecule has 0 saturated heterocycles. The van der Waals surface area contributed by atoms with Crippen molar-refractivity contribution >= 4 is 11.7 Å². The lowest BCUT2D eigenvalue weighted by molar-refractivity contribution is -0.141. The third-order valence-electron chi connectivity index (χ3n) is 5.16. The van der Waals surface area contributed by atoms with Gasteiger partial charge in [0.25, 0.3) is 0 Å². The van der Waals surface area contributed by atoms with Crippen LogP contribution in [0.4, 0.5) is 13.2 Å². The van der Waals surface area contributed by atoms with E-state index in [-0.39, 0.29) is 17.4 Å². The average Bonchev–Trinajstić information content (AvgIpc) is 2.63. The lowest BCUT2D eigenvalue weighted by atomic mass is 9.65. The Morgan fingerprint density at radius 3 is 2.69 bits per heavy atom. The van der Waals surface area contributed by atoms with Crippen molar-refractivity contribution in [2.24, 2.45) is 4.99 Å². The number of carbonyl (C=O) groups is 1. The number of aromatic nitrogens is 1. The number of nitrogens with zero attached hydrogens (tertiary/aromatic N) is 2. The summed E-state index contributed by atoms with van der Waals surface area (Å²) in [7, 11) is 1.49. The predicted molar refractivity (Wildman–Crippen MR) is 90.0 cm³/mol. The molecule has 2 heterocycles. The van der Waals surface area contributed by atoms with Crippen molar-refractivity contribution in [3.05, 3.63) is 64.5 Å². The third-order valence-corrected chi connectivity index (χ3v) is 5.16. The van der Waals surface area contributed by atoms with Gasteiger partial charge >= 0.3 is 6.18 Å². The monoisotopic (exact) mass is 359 g/mol. The summed E-state index contributed by atoms with van der Waals surface area (Å²) in [5.41, 5.74) is 0.0620. The molecule has 1 aliphatic heterocycles. The van der Waals surface area contributed by atoms with Gasteiger partial charge in [-0.1, -0.05) is 24.3 Å². The molecule has 7 heteroatoms. The first-order valence-corrected chi connectivity index (χ1v) is 8.33. The number of nitrogens with one attached hydrogen (secondary N) is 1. The number of aryl methyl sites for hydroxylation is 1. The Morgan fingerprint density at radius 1 is 1.19 bits per heavy atom. The minimum absolute atomic E-state index is 0.142. The van der Waals surface area contributed by atoms with Crippen molar-refractivity contribution < 1.29 is 18.0 Å². The number of rotatable bonds is 0. The van der Waals surface area contributed by atoms with E-state index in [1.807, 2.05) is 18.2 Å². The molecule has 0 radical (unpaired) electrons. The predicted octanol–water partition coefficient (Wildman–Crippen LogP) is 3.23. The quantitative estimate of drug-likeness (QED) is 0.785. The van der Waals surface area contributed by atoms with Gasteiger partial charge in [-0.3, -0.25) is 9.79 Å². The number of benzene rings is 1. The zero-order valence-corrected chi connectivity index (χ0v) is 14.0. The Kier molecular flexibility index (Phi) is 3.64. The van der Waals surface area contributed by atoms with E-state index in [0.717, 1.165) is 23.6 Å². The van der Waals surface area contributed by atoms with Crippen LogP contribution in [-0.4, -0.2) is 23.8 Å². The molecule has 1 aliphatic carbocycles. The molecule has 1 spiro atoms. The van der Waals surface area contributed by atoms with E-state index >= 15 is 0 Å². The van der Waals surface area contributed by atoms with E-state index in [1.54, 1.807) is 6.07 Å². The number of hydrogen-bond donors (Lipinski definition) is 1. The van der Waals surface area contributed by atoms with Gasteiger partial charge in [0, 0.05) is 12.6 Å². The van der Waals surface area contributed by atoms with Crippen molar-refractivity contribution in [2.75, 3.05) is 7.05 Å². The lowest BCUT2D eigenvalue weighted by Crippen LogP contribution is -2.55. The molecule has 2 aromatic rings. The lowest BCUT2D eigenvalue weighted by Gasteiger charge is -2.41. The zero-order chi connectivity index (χ0) is 18.5. The van der Waals surface area contributed by atoms with Crippen LogP contribution in [0.15, 0.2) is 41.4 Å². The standard InChI is InChI=1S/C19H16F3N3O/c1-23-16-12-8-9-14(19(20,21)22)24-15(12)18(17(26)25-16)10-4-6-11-5-2-3-7-13(11)18/h2-3,5,7-9H,4,6,10H2,1H3,(H,23,25,26). The van der Waals surface area contributed by atoms with Gasteiger partial charge in [0.15, 0.2) is 0 Å². The van der Waals surface area contributed by atoms with E-state index in [0.29, 0.717) is 18.4 Å². The Balaban J connectivity index is 2.06. The van der Waals surface area contributed by atoms with Crippen molar-refractivity contribution in [3.63, 3.8) is 0 Å². The van der Waals surface area contributed by atoms with Gasteiger partial charge < -0.3 is 5.32 Å². The van der Waals surface area contributed by atoms with Crippen molar-refractivity contribution in [3.8, 4) is 0 Å². The van der Waals surface area contributed by atoms with E-state index < -0.39 is 17.3 Å². The number of alkyl halides is 3. The number of amidine groups is 1. The van der Waals surface area contributed by atoms with Gasteiger partial charge in [0.05, 0.1) is 5.69 Å². The molecule has 0 fully saturated rings. The number of aliphatic imine (C=N–C) groups is 1. The first-order chi connectivity index (χ1) is 12.4. The molecule has 1 atom stereocenters. The third kappa shape index (κ3) is 2.26. The topological polar surface area (TPSA) is 54.4 Å². The van der Waals surface area contributed by atoms with Gasteiger partial charge in [-0.15, -0.1) is 0 Å². The zero-order valence-electron chi connectivity index (χ0n) is 14.0. The molecule has 1 N–H and O–H groups in total. The molecule has 2 aliphatic rings.